The molecule has 7 heteroatoms. The highest BCUT2D eigenvalue weighted by molar-refractivity contribution is 7.44. The van der Waals surface area contributed by atoms with E-state index in [9.17, 15) is 14.2 Å². The van der Waals surface area contributed by atoms with Crippen LogP contribution in [0.5, 0.6) is 0 Å². The molecular formula is C12H22O6P+. The summed E-state index contributed by atoms with van der Waals surface area (Å²) in [6.07, 6.45) is 0.530. The zero-order valence-electron chi connectivity index (χ0n) is 11.7. The van der Waals surface area contributed by atoms with E-state index in [1.165, 1.54) is 0 Å². The molecule has 0 radical (unpaired) electrons. The number of hydrogen-bond donors (Lipinski definition) is 0. The van der Waals surface area contributed by atoms with Gasteiger partial charge in [-0.25, -0.2) is 0 Å². The minimum absolute atomic E-state index is 0.143. The van der Waals surface area contributed by atoms with E-state index in [0.717, 1.165) is 0 Å². The second kappa shape index (κ2) is 10.9. The second-order valence-electron chi connectivity index (χ2n) is 3.67. The van der Waals surface area contributed by atoms with Crippen LogP contribution in [0.2, 0.25) is 0 Å². The lowest BCUT2D eigenvalue weighted by Gasteiger charge is -2.12. The number of ether oxygens (including phenoxy) is 3. The van der Waals surface area contributed by atoms with Crippen LogP contribution >= 0.6 is 7.80 Å². The maximum absolute atomic E-state index is 11.6. The van der Waals surface area contributed by atoms with Crippen molar-refractivity contribution in [3.8, 4) is 0 Å². The lowest BCUT2D eigenvalue weighted by Crippen LogP contribution is -2.28. The van der Waals surface area contributed by atoms with Crippen LogP contribution in [0.3, 0.4) is 0 Å². The van der Waals surface area contributed by atoms with Gasteiger partial charge in [0.05, 0.1) is 13.2 Å². The highest BCUT2D eigenvalue weighted by atomic mass is 31.1. The highest BCUT2D eigenvalue weighted by Crippen LogP contribution is 2.24. The van der Waals surface area contributed by atoms with Crippen LogP contribution in [-0.4, -0.2) is 44.3 Å². The predicted molar refractivity (Wildman–Crippen MR) is 70.3 cm³/mol. The summed E-state index contributed by atoms with van der Waals surface area (Å²) in [6, 6.07) is 0. The summed E-state index contributed by atoms with van der Waals surface area (Å²) >= 11 is 0. The van der Waals surface area contributed by atoms with Crippen molar-refractivity contribution in [2.45, 2.75) is 27.2 Å². The Labute approximate surface area is 114 Å². The van der Waals surface area contributed by atoms with Crippen molar-refractivity contribution in [3.63, 3.8) is 0 Å². The Morgan fingerprint density at radius 1 is 1.00 bits per heavy atom. The van der Waals surface area contributed by atoms with E-state index in [4.69, 9.17) is 14.2 Å². The van der Waals surface area contributed by atoms with E-state index in [0.29, 0.717) is 6.61 Å². The molecule has 0 aliphatic heterocycles. The maximum Gasteiger partial charge on any atom is 0.366 e. The van der Waals surface area contributed by atoms with Crippen molar-refractivity contribution >= 4 is 19.7 Å². The van der Waals surface area contributed by atoms with E-state index in [2.05, 4.69) is 0 Å². The molecule has 19 heavy (non-hydrogen) atoms. The largest absolute Gasteiger partial charge is 0.465 e. The molecule has 0 saturated heterocycles. The van der Waals surface area contributed by atoms with E-state index in [1.807, 2.05) is 6.92 Å². The summed E-state index contributed by atoms with van der Waals surface area (Å²) in [7, 11) is -1.57. The Morgan fingerprint density at radius 3 is 1.95 bits per heavy atom. The van der Waals surface area contributed by atoms with E-state index in [-0.39, 0.29) is 32.1 Å². The molecule has 0 aromatic rings. The van der Waals surface area contributed by atoms with Crippen molar-refractivity contribution in [3.05, 3.63) is 0 Å². The average molecular weight is 293 g/mol. The smallest absolute Gasteiger partial charge is 0.366 e. The van der Waals surface area contributed by atoms with Crippen LogP contribution < -0.4 is 0 Å². The topological polar surface area (TPSA) is 78.9 Å². The fourth-order valence-electron chi connectivity index (χ4n) is 1.35. The van der Waals surface area contributed by atoms with Crippen LogP contribution in [0, 0.1) is 5.92 Å². The van der Waals surface area contributed by atoms with Gasteiger partial charge in [0.15, 0.2) is 5.92 Å². The summed E-state index contributed by atoms with van der Waals surface area (Å²) in [5.74, 6) is -2.25. The quantitative estimate of drug-likeness (QED) is 0.348. The number of rotatable bonds is 10. The van der Waals surface area contributed by atoms with Crippen LogP contribution in [0.15, 0.2) is 0 Å². The third kappa shape index (κ3) is 7.90. The molecule has 0 heterocycles. The average Bonchev–Trinajstić information content (AvgIpc) is 2.37. The van der Waals surface area contributed by atoms with Crippen molar-refractivity contribution in [1.82, 2.24) is 0 Å². The van der Waals surface area contributed by atoms with Gasteiger partial charge in [-0.3, -0.25) is 9.59 Å². The van der Waals surface area contributed by atoms with Gasteiger partial charge in [-0.15, -0.1) is 0 Å². The molecule has 0 aliphatic rings. The molecule has 1 atom stereocenters. The molecule has 6 nitrogen and oxygen atoms in total. The van der Waals surface area contributed by atoms with Gasteiger partial charge in [0.25, 0.3) is 0 Å². The van der Waals surface area contributed by atoms with Gasteiger partial charge in [0, 0.05) is 13.0 Å². The molecule has 0 saturated carbocycles. The first-order valence-corrected chi connectivity index (χ1v) is 8.02. The molecule has 0 aliphatic carbocycles. The van der Waals surface area contributed by atoms with Gasteiger partial charge < -0.3 is 14.2 Å². The summed E-state index contributed by atoms with van der Waals surface area (Å²) in [5, 5.41) is 0. The van der Waals surface area contributed by atoms with Gasteiger partial charge in [-0.05, 0) is 20.8 Å². The summed E-state index contributed by atoms with van der Waals surface area (Å²) in [6.45, 7) is 6.01. The summed E-state index contributed by atoms with van der Waals surface area (Å²) in [5.41, 5.74) is 0. The van der Waals surface area contributed by atoms with Crippen molar-refractivity contribution in [1.29, 1.82) is 0 Å². The zero-order valence-corrected chi connectivity index (χ0v) is 12.6. The van der Waals surface area contributed by atoms with E-state index >= 15 is 0 Å². The number of carbonyl (C=O) groups is 2. The van der Waals surface area contributed by atoms with Crippen molar-refractivity contribution < 1.29 is 28.4 Å². The summed E-state index contributed by atoms with van der Waals surface area (Å²) in [4.78, 5) is 23.3. The SMILES string of the molecule is CCOC[P+](=O)CCC(C(=O)OCC)C(=O)OCC. The van der Waals surface area contributed by atoms with E-state index < -0.39 is 25.7 Å². The first-order valence-electron chi connectivity index (χ1n) is 6.39. The molecule has 0 fully saturated rings. The molecule has 0 spiro atoms. The number of hydrogen-bond acceptors (Lipinski definition) is 6. The molecule has 110 valence electrons. The number of carbonyl (C=O) groups excluding carboxylic acids is 2. The van der Waals surface area contributed by atoms with Gasteiger partial charge in [-0.2, -0.15) is 0 Å². The molecule has 0 aromatic heterocycles. The fraction of sp³-hybridized carbons (Fsp3) is 0.833. The molecule has 0 aromatic carbocycles. The molecular weight excluding hydrogens is 271 g/mol. The van der Waals surface area contributed by atoms with Crippen LogP contribution in [-0.2, 0) is 28.4 Å². The predicted octanol–water partition coefficient (Wildman–Crippen LogP) is 1.94. The Morgan fingerprint density at radius 2 is 1.53 bits per heavy atom. The molecule has 0 N–H and O–H groups in total. The first kappa shape index (κ1) is 18.0. The third-order valence-corrected chi connectivity index (χ3v) is 3.48. The van der Waals surface area contributed by atoms with Crippen LogP contribution in [0.1, 0.15) is 27.2 Å². The van der Waals surface area contributed by atoms with Gasteiger partial charge in [0.2, 0.25) is 6.35 Å². The zero-order chi connectivity index (χ0) is 14.7. The Balaban J connectivity index is 4.37. The first-order chi connectivity index (χ1) is 9.06. The highest BCUT2D eigenvalue weighted by Gasteiger charge is 2.32. The van der Waals surface area contributed by atoms with Crippen LogP contribution in [0.4, 0.5) is 0 Å². The Kier molecular flexibility index (Phi) is 10.3. The van der Waals surface area contributed by atoms with E-state index in [1.54, 1.807) is 13.8 Å². The molecule has 0 amide bonds. The van der Waals surface area contributed by atoms with Gasteiger partial charge in [0.1, 0.15) is 6.16 Å². The van der Waals surface area contributed by atoms with Gasteiger partial charge >= 0.3 is 19.7 Å². The normalized spacial score (nSPS) is 11.3. The fourth-order valence-corrected chi connectivity index (χ4v) is 2.41. The third-order valence-electron chi connectivity index (χ3n) is 2.25. The lowest BCUT2D eigenvalue weighted by atomic mass is 10.1. The summed E-state index contributed by atoms with van der Waals surface area (Å²) < 4.78 is 26.3. The second-order valence-corrected chi connectivity index (χ2v) is 5.34. The molecule has 0 rings (SSSR count). The molecule has 0 bridgehead atoms. The van der Waals surface area contributed by atoms with Gasteiger partial charge in [-0.1, -0.05) is 4.57 Å². The lowest BCUT2D eigenvalue weighted by molar-refractivity contribution is -0.161. The van der Waals surface area contributed by atoms with Crippen molar-refractivity contribution in [2.24, 2.45) is 5.92 Å². The Hall–Kier alpha value is -1.00. The standard InChI is InChI=1S/C12H22O6P/c1-4-16-9-19(15)8-7-10(11(13)17-5-2)12(14)18-6-3/h10H,4-9H2,1-3H3/q+1. The Bertz CT molecular complexity index is 287. The van der Waals surface area contributed by atoms with Crippen molar-refractivity contribution in [2.75, 3.05) is 32.3 Å². The number of esters is 2. The monoisotopic (exact) mass is 293 g/mol. The van der Waals surface area contributed by atoms with Crippen LogP contribution in [0.25, 0.3) is 0 Å². The molecule has 1 unspecified atom stereocenters. The maximum atomic E-state index is 11.6. The minimum atomic E-state index is -1.57. The minimum Gasteiger partial charge on any atom is -0.465 e.